The fourth-order valence-corrected chi connectivity index (χ4v) is 12.9. The molecule has 10 aromatic carbocycles. The summed E-state index contributed by atoms with van der Waals surface area (Å²) in [6.07, 6.45) is 0. The number of ether oxygens (including phenoxy) is 6. The van der Waals surface area contributed by atoms with Gasteiger partial charge in [-0.15, -0.1) is 0 Å². The van der Waals surface area contributed by atoms with Crippen molar-refractivity contribution in [3.05, 3.63) is 182 Å². The van der Waals surface area contributed by atoms with E-state index in [1.165, 1.54) is 0 Å². The first kappa shape index (κ1) is 35.9. The summed E-state index contributed by atoms with van der Waals surface area (Å²) < 4.78 is 47.6. The topological polar surface area (TPSA) is 65.2 Å². The highest BCUT2D eigenvalue weighted by Gasteiger charge is 2.51. The van der Waals surface area contributed by atoms with Crippen molar-refractivity contribution in [2.24, 2.45) is 0 Å². The second-order valence-electron chi connectivity index (χ2n) is 18.9. The quantitative estimate of drug-likeness (QED) is 0.165. The van der Waals surface area contributed by atoms with E-state index in [0.717, 1.165) is 156 Å². The number of rotatable bonds is 3. The van der Waals surface area contributed by atoms with Crippen LogP contribution in [0.25, 0.3) is 66.1 Å². The van der Waals surface area contributed by atoms with Crippen molar-refractivity contribution in [3.63, 3.8) is 0 Å². The summed E-state index contributed by atoms with van der Waals surface area (Å²) in [5.41, 5.74) is 13.5. The molecule has 6 aliphatic rings. The predicted octanol–water partition coefficient (Wildman–Crippen LogP) is 11.2. The SMILES string of the molecule is c1cc2c3c(c1)Oc1cc(-n4c5ccccc5c5ccccc54)c(-c4c(-n5c6ccccc6c6ccccc65)cc5c6c4Oc4cccc7c4B6c4c(cccc4O5)O7)c4c1B3c1c(cccc1O4)O2. The van der Waals surface area contributed by atoms with Crippen molar-refractivity contribution < 1.29 is 28.4 Å². The van der Waals surface area contributed by atoms with E-state index in [1.807, 2.05) is 48.5 Å². The summed E-state index contributed by atoms with van der Waals surface area (Å²) in [5.74, 6) is 8.92. The molecule has 6 aliphatic heterocycles. The second kappa shape index (κ2) is 12.4. The van der Waals surface area contributed by atoms with E-state index in [0.29, 0.717) is 11.5 Å². The first-order valence-corrected chi connectivity index (χ1v) is 23.7. The molecule has 0 radical (unpaired) electrons. The van der Waals surface area contributed by atoms with Gasteiger partial charge in [-0.1, -0.05) is 97.1 Å². The van der Waals surface area contributed by atoms with E-state index in [9.17, 15) is 0 Å². The molecule has 0 atom stereocenters. The number of fused-ring (bicyclic) bond motifs is 6. The molecule has 70 heavy (non-hydrogen) atoms. The zero-order valence-corrected chi connectivity index (χ0v) is 36.8. The molecule has 0 aliphatic carbocycles. The number of aromatic nitrogens is 2. The van der Waals surface area contributed by atoms with Crippen LogP contribution < -0.4 is 61.2 Å². The van der Waals surface area contributed by atoms with Crippen LogP contribution >= 0.6 is 0 Å². The Bertz CT molecular complexity index is 4050. The van der Waals surface area contributed by atoms with Crippen molar-refractivity contribution in [3.8, 4) is 91.5 Å². The van der Waals surface area contributed by atoms with Gasteiger partial charge in [0, 0.05) is 66.5 Å². The molecular formula is C60H30B2N2O6. The minimum atomic E-state index is -0.243. The molecule has 18 rings (SSSR count). The molecule has 0 amide bonds. The Balaban J connectivity index is 1.07. The van der Waals surface area contributed by atoms with Crippen LogP contribution in [0.1, 0.15) is 0 Å². The van der Waals surface area contributed by atoms with Crippen molar-refractivity contribution in [1.82, 2.24) is 9.13 Å². The monoisotopic (exact) mass is 896 g/mol. The van der Waals surface area contributed by atoms with Gasteiger partial charge in [0.2, 0.25) is 0 Å². The third kappa shape index (κ3) is 4.24. The van der Waals surface area contributed by atoms with Crippen LogP contribution in [-0.4, -0.2) is 22.6 Å². The highest BCUT2D eigenvalue weighted by Crippen LogP contribution is 2.55. The van der Waals surface area contributed by atoms with Gasteiger partial charge >= 0.3 is 0 Å². The maximum absolute atomic E-state index is 7.60. The molecule has 12 aromatic rings. The number of para-hydroxylation sites is 4. The lowest BCUT2D eigenvalue weighted by Gasteiger charge is -2.40. The van der Waals surface area contributed by atoms with E-state index < -0.39 is 0 Å². The summed E-state index contributed by atoms with van der Waals surface area (Å²) in [6.45, 7) is -0.486. The summed E-state index contributed by atoms with van der Waals surface area (Å²) in [7, 11) is 0. The van der Waals surface area contributed by atoms with Crippen LogP contribution in [-0.2, 0) is 0 Å². The second-order valence-corrected chi connectivity index (χ2v) is 18.9. The van der Waals surface area contributed by atoms with Crippen LogP contribution in [0.15, 0.2) is 182 Å². The molecule has 0 fully saturated rings. The molecule has 0 N–H and O–H groups in total. The van der Waals surface area contributed by atoms with Crippen molar-refractivity contribution in [1.29, 1.82) is 0 Å². The van der Waals surface area contributed by atoms with Crippen molar-refractivity contribution >= 4 is 89.8 Å². The standard InChI is InChI=1S/C60H30B2N2O6/c1-5-17-35-31(13-1)32-14-2-6-18-36(32)63(35)39-29-49-57-59(69-47-27-11-23-43-55(47)61(57)53-41(65-43)21-9-25-45(53)67-49)51(39)52-40(64-37-19-7-3-15-33(37)34-16-4-8-20-38(34)64)30-50-58-60(52)70-48-28-12-24-44-56(48)62(58)54-42(66-44)22-10-26-46(54)68-50/h1-30H. The smallest absolute Gasteiger partial charge is 0.270 e. The van der Waals surface area contributed by atoms with E-state index in [1.54, 1.807) is 0 Å². The average molecular weight is 897 g/mol. The molecule has 0 saturated carbocycles. The number of benzene rings is 10. The largest absolute Gasteiger partial charge is 0.458 e. The van der Waals surface area contributed by atoms with Gasteiger partial charge in [0.05, 0.1) is 44.6 Å². The van der Waals surface area contributed by atoms with Crippen LogP contribution in [0.3, 0.4) is 0 Å². The van der Waals surface area contributed by atoms with Gasteiger partial charge in [0.1, 0.15) is 69.0 Å². The van der Waals surface area contributed by atoms with E-state index >= 15 is 0 Å². The lowest BCUT2D eigenvalue weighted by molar-refractivity contribution is 0.439. The zero-order chi connectivity index (χ0) is 45.1. The first-order chi connectivity index (χ1) is 34.7. The Morgan fingerprint density at radius 2 is 0.529 bits per heavy atom. The summed E-state index contributed by atoms with van der Waals surface area (Å²) in [5, 5.41) is 4.55. The first-order valence-electron chi connectivity index (χ1n) is 23.7. The Hall–Kier alpha value is -9.27. The third-order valence-corrected chi connectivity index (χ3v) is 15.6. The Morgan fingerprint density at radius 3 is 0.843 bits per heavy atom. The van der Waals surface area contributed by atoms with E-state index in [-0.39, 0.29) is 13.4 Å². The normalized spacial score (nSPS) is 14.1. The van der Waals surface area contributed by atoms with Gasteiger partial charge in [0.15, 0.2) is 0 Å². The van der Waals surface area contributed by atoms with E-state index in [4.69, 9.17) is 28.4 Å². The fourth-order valence-electron chi connectivity index (χ4n) is 12.9. The van der Waals surface area contributed by atoms with Crippen molar-refractivity contribution in [2.75, 3.05) is 0 Å². The van der Waals surface area contributed by atoms with Crippen LogP contribution in [0.4, 0.5) is 0 Å². The number of hydrogen-bond acceptors (Lipinski definition) is 6. The average Bonchev–Trinajstić information content (AvgIpc) is 3.92. The molecule has 0 spiro atoms. The highest BCUT2D eigenvalue weighted by molar-refractivity contribution is 7.00. The maximum Gasteiger partial charge on any atom is 0.270 e. The lowest BCUT2D eigenvalue weighted by Crippen LogP contribution is -2.60. The fraction of sp³-hybridized carbons (Fsp3) is 0. The van der Waals surface area contributed by atoms with Gasteiger partial charge in [-0.25, -0.2) is 0 Å². The molecule has 0 bridgehead atoms. The molecular weight excluding hydrogens is 866 g/mol. The minimum absolute atomic E-state index is 0.243. The lowest BCUT2D eigenvalue weighted by atomic mass is 9.33. The summed E-state index contributed by atoms with van der Waals surface area (Å²) in [6, 6.07) is 63.5. The molecule has 10 heteroatoms. The summed E-state index contributed by atoms with van der Waals surface area (Å²) >= 11 is 0. The predicted molar refractivity (Wildman–Crippen MR) is 276 cm³/mol. The van der Waals surface area contributed by atoms with Gasteiger partial charge in [-0.05, 0) is 72.8 Å². The molecule has 322 valence electrons. The van der Waals surface area contributed by atoms with Gasteiger partial charge in [-0.2, -0.15) is 0 Å². The minimum Gasteiger partial charge on any atom is -0.458 e. The highest BCUT2D eigenvalue weighted by atomic mass is 16.5. The Labute approximate surface area is 399 Å². The van der Waals surface area contributed by atoms with Crippen LogP contribution in [0.2, 0.25) is 0 Å². The Morgan fingerprint density at radius 1 is 0.257 bits per heavy atom. The van der Waals surface area contributed by atoms with Crippen molar-refractivity contribution in [2.45, 2.75) is 0 Å². The molecule has 0 saturated heterocycles. The maximum atomic E-state index is 7.60. The summed E-state index contributed by atoms with van der Waals surface area (Å²) in [4.78, 5) is 0. The Kier molecular flexibility index (Phi) is 6.37. The zero-order valence-electron chi connectivity index (χ0n) is 36.8. The molecule has 0 unspecified atom stereocenters. The number of hydrogen-bond donors (Lipinski definition) is 0. The van der Waals surface area contributed by atoms with Crippen LogP contribution in [0.5, 0.6) is 69.0 Å². The number of nitrogens with zero attached hydrogens (tertiary/aromatic N) is 2. The molecule has 2 aromatic heterocycles. The van der Waals surface area contributed by atoms with Crippen LogP contribution in [0, 0.1) is 0 Å². The molecule has 8 nitrogen and oxygen atoms in total. The van der Waals surface area contributed by atoms with Gasteiger partial charge < -0.3 is 37.6 Å². The van der Waals surface area contributed by atoms with Gasteiger partial charge in [-0.3, -0.25) is 0 Å². The molecule has 8 heterocycles. The van der Waals surface area contributed by atoms with E-state index in [2.05, 4.69) is 143 Å². The third-order valence-electron chi connectivity index (χ3n) is 15.6. The van der Waals surface area contributed by atoms with Gasteiger partial charge in [0.25, 0.3) is 13.4 Å².